The summed E-state index contributed by atoms with van der Waals surface area (Å²) >= 11 is 6.21. The maximum Gasteiger partial charge on any atom is 0.334 e. The van der Waals surface area contributed by atoms with Crippen molar-refractivity contribution in [3.05, 3.63) is 40.9 Å². The van der Waals surface area contributed by atoms with Crippen LogP contribution in [0.15, 0.2) is 24.3 Å². The highest BCUT2D eigenvalue weighted by molar-refractivity contribution is 6.32. The van der Waals surface area contributed by atoms with Crippen LogP contribution < -0.4 is 0 Å². The highest BCUT2D eigenvalue weighted by Gasteiger charge is 2.31. The Balaban J connectivity index is 1.89. The summed E-state index contributed by atoms with van der Waals surface area (Å²) in [6.45, 7) is 2.33. The average Bonchev–Trinajstić information content (AvgIpc) is 3.05. The fraction of sp³-hybridized carbons (Fsp3) is 0.375. The van der Waals surface area contributed by atoms with Crippen LogP contribution in [0, 0.1) is 0 Å². The smallest absolute Gasteiger partial charge is 0.334 e. The summed E-state index contributed by atoms with van der Waals surface area (Å²) in [7, 11) is 0. The number of aryl methyl sites for hydroxylation is 1. The molecule has 1 amide bonds. The van der Waals surface area contributed by atoms with Crippen molar-refractivity contribution in [2.75, 3.05) is 19.7 Å². The highest BCUT2D eigenvalue weighted by Crippen LogP contribution is 2.21. The Morgan fingerprint density at radius 1 is 1.40 bits per heavy atom. The lowest BCUT2D eigenvalue weighted by molar-refractivity contribution is -0.154. The predicted molar refractivity (Wildman–Crippen MR) is 89.0 cm³/mol. The van der Waals surface area contributed by atoms with Gasteiger partial charge >= 0.3 is 5.97 Å². The van der Waals surface area contributed by atoms with Gasteiger partial charge in [0.05, 0.1) is 23.9 Å². The van der Waals surface area contributed by atoms with Crippen LogP contribution in [-0.2, 0) is 16.0 Å². The van der Waals surface area contributed by atoms with Crippen LogP contribution >= 0.6 is 11.6 Å². The molecule has 1 fully saturated rings. The summed E-state index contributed by atoms with van der Waals surface area (Å²) in [6, 6.07) is 7.15. The molecule has 1 aromatic carbocycles. The number of carbonyl (C=O) groups is 2. The fourth-order valence-corrected chi connectivity index (χ4v) is 2.82. The number of benzene rings is 1. The van der Waals surface area contributed by atoms with E-state index in [9.17, 15) is 9.59 Å². The summed E-state index contributed by atoms with van der Waals surface area (Å²) in [4.78, 5) is 29.4. The van der Waals surface area contributed by atoms with Crippen LogP contribution in [0.3, 0.4) is 0 Å². The van der Waals surface area contributed by atoms with Crippen LogP contribution in [0.4, 0.5) is 0 Å². The van der Waals surface area contributed by atoms with Gasteiger partial charge in [-0.05, 0) is 12.1 Å². The number of halogens is 1. The predicted octanol–water partition coefficient (Wildman–Crippen LogP) is 1.41. The molecular formula is C16H17ClN4O4. The molecule has 1 saturated heterocycles. The minimum Gasteiger partial charge on any atom is -0.479 e. The molecule has 0 bridgehead atoms. The molecular weight excluding hydrogens is 348 g/mol. The zero-order valence-electron chi connectivity index (χ0n) is 13.6. The van der Waals surface area contributed by atoms with Crippen molar-refractivity contribution in [1.29, 1.82) is 0 Å². The number of nitrogens with zero attached hydrogens (tertiary/aromatic N) is 4. The molecule has 0 spiro atoms. The number of aliphatic carboxylic acids is 1. The number of carboxylic acids is 1. The van der Waals surface area contributed by atoms with Gasteiger partial charge in [-0.3, -0.25) is 4.79 Å². The number of carbonyl (C=O) groups excluding carboxylic acids is 1. The van der Waals surface area contributed by atoms with E-state index in [4.69, 9.17) is 21.4 Å². The first kappa shape index (κ1) is 17.4. The summed E-state index contributed by atoms with van der Waals surface area (Å²) in [5.74, 6) is -0.904. The molecule has 1 aliphatic heterocycles. The van der Waals surface area contributed by atoms with Gasteiger partial charge in [0, 0.05) is 13.0 Å². The van der Waals surface area contributed by atoms with Crippen molar-refractivity contribution in [3.8, 4) is 5.69 Å². The second kappa shape index (κ2) is 7.20. The SMILES string of the molecule is CCc1nc(C(=O)N2CCO[C@H](C(=O)O)C2)nn1-c1ccccc1Cl. The number of rotatable bonds is 4. The first-order valence-electron chi connectivity index (χ1n) is 7.85. The second-order valence-corrected chi connectivity index (χ2v) is 5.92. The minimum atomic E-state index is -1.10. The van der Waals surface area contributed by atoms with Gasteiger partial charge in [-0.2, -0.15) is 0 Å². The Hall–Kier alpha value is -2.45. The maximum absolute atomic E-state index is 12.7. The molecule has 1 atom stereocenters. The summed E-state index contributed by atoms with van der Waals surface area (Å²) < 4.78 is 6.68. The van der Waals surface area contributed by atoms with Crippen molar-refractivity contribution in [3.63, 3.8) is 0 Å². The van der Waals surface area contributed by atoms with Gasteiger partial charge in [-0.15, -0.1) is 5.10 Å². The standard InChI is InChI=1S/C16H17ClN4O4/c1-2-13-18-14(19-21(13)11-6-4-3-5-10(11)17)15(22)20-7-8-25-12(9-20)16(23)24/h3-6,12H,2,7-9H2,1H3,(H,23,24)/t12-/m0/s1. The molecule has 0 aliphatic carbocycles. The number of morpholine rings is 1. The zero-order chi connectivity index (χ0) is 18.0. The zero-order valence-corrected chi connectivity index (χ0v) is 14.3. The van der Waals surface area contributed by atoms with Gasteiger partial charge in [0.25, 0.3) is 5.91 Å². The van der Waals surface area contributed by atoms with Gasteiger partial charge in [-0.25, -0.2) is 14.5 Å². The quantitative estimate of drug-likeness (QED) is 0.880. The molecule has 1 aliphatic rings. The number of carboxylic acid groups (broad SMARTS) is 1. The molecule has 3 rings (SSSR count). The number of amides is 1. The molecule has 132 valence electrons. The third-order valence-corrected chi connectivity index (χ3v) is 4.21. The minimum absolute atomic E-state index is 0.0165. The van der Waals surface area contributed by atoms with Crippen molar-refractivity contribution in [1.82, 2.24) is 19.7 Å². The van der Waals surface area contributed by atoms with E-state index >= 15 is 0 Å². The highest BCUT2D eigenvalue weighted by atomic mass is 35.5. The van der Waals surface area contributed by atoms with E-state index in [0.717, 1.165) is 0 Å². The fourth-order valence-electron chi connectivity index (χ4n) is 2.60. The second-order valence-electron chi connectivity index (χ2n) is 5.52. The summed E-state index contributed by atoms with van der Waals surface area (Å²) in [5, 5.41) is 13.9. The monoisotopic (exact) mass is 364 g/mol. The molecule has 0 saturated carbocycles. The topological polar surface area (TPSA) is 97.6 Å². The average molecular weight is 365 g/mol. The Bertz CT molecular complexity index is 807. The van der Waals surface area contributed by atoms with E-state index in [1.165, 1.54) is 4.90 Å². The molecule has 1 aromatic heterocycles. The third kappa shape index (κ3) is 3.49. The molecule has 0 unspecified atom stereocenters. The van der Waals surface area contributed by atoms with Gasteiger partial charge in [0.1, 0.15) is 5.82 Å². The van der Waals surface area contributed by atoms with Crippen LogP contribution in [0.5, 0.6) is 0 Å². The van der Waals surface area contributed by atoms with Crippen molar-refractivity contribution < 1.29 is 19.4 Å². The van der Waals surface area contributed by atoms with Crippen LogP contribution in [0.2, 0.25) is 5.02 Å². The molecule has 2 aromatic rings. The van der Waals surface area contributed by atoms with Gasteiger partial charge in [0.15, 0.2) is 6.10 Å². The van der Waals surface area contributed by atoms with Crippen molar-refractivity contribution in [2.24, 2.45) is 0 Å². The Morgan fingerprint density at radius 3 is 2.84 bits per heavy atom. The lowest BCUT2D eigenvalue weighted by atomic mass is 10.2. The Morgan fingerprint density at radius 2 is 2.16 bits per heavy atom. The van der Waals surface area contributed by atoms with Gasteiger partial charge in [-0.1, -0.05) is 30.7 Å². The van der Waals surface area contributed by atoms with E-state index < -0.39 is 18.0 Å². The number of ether oxygens (including phenoxy) is 1. The van der Waals surface area contributed by atoms with Gasteiger partial charge < -0.3 is 14.7 Å². The lowest BCUT2D eigenvalue weighted by Crippen LogP contribution is -2.48. The van der Waals surface area contributed by atoms with Crippen molar-refractivity contribution in [2.45, 2.75) is 19.4 Å². The molecule has 1 N–H and O–H groups in total. The third-order valence-electron chi connectivity index (χ3n) is 3.89. The number of hydrogen-bond donors (Lipinski definition) is 1. The van der Waals surface area contributed by atoms with Gasteiger partial charge in [0.2, 0.25) is 5.82 Å². The number of aromatic nitrogens is 3. The largest absolute Gasteiger partial charge is 0.479 e. The molecule has 25 heavy (non-hydrogen) atoms. The Kier molecular flexibility index (Phi) is 5.00. The maximum atomic E-state index is 12.7. The first-order chi connectivity index (χ1) is 12.0. The van der Waals surface area contributed by atoms with Crippen LogP contribution in [0.1, 0.15) is 23.4 Å². The van der Waals surface area contributed by atoms with Crippen molar-refractivity contribution >= 4 is 23.5 Å². The molecule has 8 nitrogen and oxygen atoms in total. The lowest BCUT2D eigenvalue weighted by Gasteiger charge is -2.29. The normalized spacial score (nSPS) is 17.5. The van der Waals surface area contributed by atoms with E-state index in [-0.39, 0.29) is 19.0 Å². The Labute approximate surface area is 149 Å². The van der Waals surface area contributed by atoms with E-state index in [0.29, 0.717) is 29.5 Å². The first-order valence-corrected chi connectivity index (χ1v) is 8.23. The number of hydrogen-bond acceptors (Lipinski definition) is 5. The summed E-state index contributed by atoms with van der Waals surface area (Å²) in [6.07, 6.45) is -0.471. The number of para-hydroxylation sites is 1. The van der Waals surface area contributed by atoms with E-state index in [2.05, 4.69) is 10.1 Å². The van der Waals surface area contributed by atoms with Crippen LogP contribution in [0.25, 0.3) is 5.69 Å². The van der Waals surface area contributed by atoms with Crippen LogP contribution in [-0.4, -0.2) is 62.4 Å². The molecule has 2 heterocycles. The summed E-state index contributed by atoms with van der Waals surface area (Å²) in [5.41, 5.74) is 0.637. The molecule has 9 heteroatoms. The molecule has 0 radical (unpaired) electrons. The van der Waals surface area contributed by atoms with E-state index in [1.54, 1.807) is 22.9 Å². The van der Waals surface area contributed by atoms with E-state index in [1.807, 2.05) is 13.0 Å².